The molecule has 4 heterocycles. The van der Waals surface area contributed by atoms with E-state index >= 15 is 0 Å². The van der Waals surface area contributed by atoms with Crippen molar-refractivity contribution in [2.24, 2.45) is 0 Å². The fourth-order valence-corrected chi connectivity index (χ4v) is 5.25. The topological polar surface area (TPSA) is 91.3 Å². The zero-order valence-corrected chi connectivity index (χ0v) is 20.2. The lowest BCUT2D eigenvalue weighted by Gasteiger charge is -2.36. The summed E-state index contributed by atoms with van der Waals surface area (Å²) < 4.78 is 0. The predicted molar refractivity (Wildman–Crippen MR) is 136 cm³/mol. The van der Waals surface area contributed by atoms with Gasteiger partial charge in [-0.2, -0.15) is 0 Å². The fourth-order valence-electron chi connectivity index (χ4n) is 4.28. The van der Waals surface area contributed by atoms with E-state index in [-0.39, 0.29) is 5.24 Å². The van der Waals surface area contributed by atoms with Crippen molar-refractivity contribution in [2.45, 2.75) is 13.3 Å². The number of benzene rings is 1. The minimum Gasteiger partial charge on any atom is -0.368 e. The summed E-state index contributed by atoms with van der Waals surface area (Å²) in [5, 5.41) is 3.34. The number of carbonyl (C=O) groups is 2. The Labute approximate surface area is 206 Å². The van der Waals surface area contributed by atoms with Gasteiger partial charge in [0.15, 0.2) is 0 Å². The number of pyridine rings is 1. The van der Waals surface area contributed by atoms with Crippen molar-refractivity contribution < 1.29 is 9.59 Å². The highest BCUT2D eigenvalue weighted by Crippen LogP contribution is 2.34. The third kappa shape index (κ3) is 4.64. The lowest BCUT2D eigenvalue weighted by atomic mass is 10.1. The molecule has 0 spiro atoms. The molecule has 0 saturated carbocycles. The third-order valence-electron chi connectivity index (χ3n) is 5.94. The fraction of sp³-hybridized carbons (Fsp3) is 0.292. The average molecular weight is 495 g/mol. The summed E-state index contributed by atoms with van der Waals surface area (Å²) in [5.74, 6) is -0.417. The minimum absolute atomic E-state index is 0.307. The largest absolute Gasteiger partial charge is 0.368 e. The number of aromatic nitrogens is 3. The van der Waals surface area contributed by atoms with Gasteiger partial charge >= 0.3 is 0 Å². The number of rotatable bonds is 5. The molecule has 0 aliphatic carbocycles. The van der Waals surface area contributed by atoms with Crippen LogP contribution in [0.5, 0.6) is 0 Å². The highest BCUT2D eigenvalue weighted by molar-refractivity contribution is 8.18. The Morgan fingerprint density at radius 3 is 2.65 bits per heavy atom. The lowest BCUT2D eigenvalue weighted by molar-refractivity contribution is -0.115. The van der Waals surface area contributed by atoms with Gasteiger partial charge in [0.2, 0.25) is 0 Å². The van der Waals surface area contributed by atoms with Gasteiger partial charge in [0.05, 0.1) is 38.7 Å². The van der Waals surface area contributed by atoms with Crippen LogP contribution < -0.4 is 10.2 Å². The van der Waals surface area contributed by atoms with Crippen molar-refractivity contribution in [1.82, 2.24) is 25.2 Å². The molecule has 8 nitrogen and oxygen atoms in total. The highest BCUT2D eigenvalue weighted by Gasteiger charge is 2.25. The quantitative estimate of drug-likeness (QED) is 0.528. The zero-order valence-electron chi connectivity index (χ0n) is 18.6. The SMILES string of the molecule is CCCN1CCN(c2ccc(-c3ncnc4cnc(C=C5SC(=O)NC5=O)cc34)cc2Cl)CC1. The maximum Gasteiger partial charge on any atom is 0.290 e. The first-order valence-corrected chi connectivity index (χ1v) is 12.3. The van der Waals surface area contributed by atoms with Gasteiger partial charge in [0, 0.05) is 37.1 Å². The predicted octanol–water partition coefficient (Wildman–Crippen LogP) is 4.20. The van der Waals surface area contributed by atoms with Crippen molar-refractivity contribution in [3.63, 3.8) is 0 Å². The number of piperazine rings is 1. The van der Waals surface area contributed by atoms with E-state index in [9.17, 15) is 9.59 Å². The zero-order chi connectivity index (χ0) is 23.7. The van der Waals surface area contributed by atoms with Crippen molar-refractivity contribution in [1.29, 1.82) is 0 Å². The summed E-state index contributed by atoms with van der Waals surface area (Å²) in [6.45, 7) is 7.32. The Morgan fingerprint density at radius 1 is 1.12 bits per heavy atom. The number of hydrogen-bond donors (Lipinski definition) is 1. The highest BCUT2D eigenvalue weighted by atomic mass is 35.5. The molecule has 2 aromatic heterocycles. The van der Waals surface area contributed by atoms with Crippen molar-refractivity contribution >= 4 is 57.2 Å². The Bertz CT molecular complexity index is 1310. The Hall–Kier alpha value is -3.01. The van der Waals surface area contributed by atoms with Crippen molar-refractivity contribution in [2.75, 3.05) is 37.6 Å². The molecule has 174 valence electrons. The molecular formula is C24H23ClN6O2S. The van der Waals surface area contributed by atoms with Crippen LogP contribution in [0.3, 0.4) is 0 Å². The second-order valence-corrected chi connectivity index (χ2v) is 9.62. The first-order chi connectivity index (χ1) is 16.5. The van der Waals surface area contributed by atoms with Gasteiger partial charge in [-0.05, 0) is 49.0 Å². The number of thioether (sulfide) groups is 1. The Balaban J connectivity index is 1.45. The number of halogens is 1. The Morgan fingerprint density at radius 2 is 1.94 bits per heavy atom. The van der Waals surface area contributed by atoms with E-state index in [0.29, 0.717) is 21.1 Å². The van der Waals surface area contributed by atoms with E-state index in [2.05, 4.69) is 43.1 Å². The molecule has 5 rings (SSSR count). The van der Waals surface area contributed by atoms with Gasteiger partial charge in [0.25, 0.3) is 11.1 Å². The molecule has 2 aliphatic rings. The summed E-state index contributed by atoms with van der Waals surface area (Å²) in [6, 6.07) is 7.84. The molecule has 2 saturated heterocycles. The lowest BCUT2D eigenvalue weighted by Crippen LogP contribution is -2.46. The molecule has 34 heavy (non-hydrogen) atoms. The summed E-state index contributed by atoms with van der Waals surface area (Å²) in [5.41, 5.74) is 3.86. The van der Waals surface area contributed by atoms with Gasteiger partial charge in [-0.25, -0.2) is 9.97 Å². The van der Waals surface area contributed by atoms with Crippen molar-refractivity contribution in [3.8, 4) is 11.3 Å². The van der Waals surface area contributed by atoms with Gasteiger partial charge in [-0.15, -0.1) is 0 Å². The molecule has 0 radical (unpaired) electrons. The van der Waals surface area contributed by atoms with Crippen LogP contribution in [0.25, 0.3) is 28.2 Å². The molecule has 2 aliphatic heterocycles. The van der Waals surface area contributed by atoms with Crippen LogP contribution in [0.2, 0.25) is 5.02 Å². The molecule has 0 unspecified atom stereocenters. The van der Waals surface area contributed by atoms with Crippen LogP contribution in [-0.2, 0) is 4.79 Å². The van der Waals surface area contributed by atoms with Gasteiger partial charge in [-0.3, -0.25) is 24.8 Å². The van der Waals surface area contributed by atoms with E-state index in [0.717, 1.165) is 66.8 Å². The standard InChI is InChI=1S/C24H23ClN6O2S/c1-2-5-30-6-8-31(9-7-30)20-4-3-15(10-18(20)25)22-17-11-16(26-13-19(17)27-14-28-22)12-21-23(32)29-24(33)34-21/h3-4,10-14H,2,5-9H2,1H3,(H,29,32,33). The van der Waals surface area contributed by atoms with Crippen LogP contribution in [0.15, 0.2) is 41.7 Å². The molecule has 3 aromatic rings. The van der Waals surface area contributed by atoms with E-state index in [1.54, 1.807) is 12.3 Å². The molecule has 10 heteroatoms. The summed E-state index contributed by atoms with van der Waals surface area (Å²) in [4.78, 5) is 41.7. The summed E-state index contributed by atoms with van der Waals surface area (Å²) >= 11 is 7.60. The number of imide groups is 1. The van der Waals surface area contributed by atoms with Crippen LogP contribution in [0.1, 0.15) is 19.0 Å². The number of fused-ring (bicyclic) bond motifs is 1. The van der Waals surface area contributed by atoms with Gasteiger partial charge < -0.3 is 4.90 Å². The maximum absolute atomic E-state index is 11.9. The van der Waals surface area contributed by atoms with Crippen LogP contribution in [0.4, 0.5) is 10.5 Å². The number of amides is 2. The average Bonchev–Trinajstić information content (AvgIpc) is 3.15. The molecule has 1 aromatic carbocycles. The molecule has 0 bridgehead atoms. The number of nitrogens with one attached hydrogen (secondary N) is 1. The maximum atomic E-state index is 11.9. The van der Waals surface area contributed by atoms with E-state index in [1.165, 1.54) is 12.7 Å². The Kier molecular flexibility index (Phi) is 6.49. The first kappa shape index (κ1) is 22.8. The second-order valence-electron chi connectivity index (χ2n) is 8.20. The van der Waals surface area contributed by atoms with Crippen molar-refractivity contribution in [3.05, 3.63) is 52.4 Å². The smallest absolute Gasteiger partial charge is 0.290 e. The monoisotopic (exact) mass is 494 g/mol. The molecule has 2 amide bonds. The number of nitrogens with zero attached hydrogens (tertiary/aromatic N) is 5. The van der Waals surface area contributed by atoms with E-state index in [4.69, 9.17) is 11.6 Å². The first-order valence-electron chi connectivity index (χ1n) is 11.1. The molecular weight excluding hydrogens is 472 g/mol. The molecule has 0 atom stereocenters. The third-order valence-corrected chi connectivity index (χ3v) is 7.05. The van der Waals surface area contributed by atoms with Crippen LogP contribution in [-0.4, -0.2) is 63.7 Å². The van der Waals surface area contributed by atoms with Crippen LogP contribution >= 0.6 is 23.4 Å². The van der Waals surface area contributed by atoms with Gasteiger partial charge in [-0.1, -0.05) is 24.6 Å². The second kappa shape index (κ2) is 9.69. The van der Waals surface area contributed by atoms with Crippen LogP contribution in [0, 0.1) is 0 Å². The van der Waals surface area contributed by atoms with E-state index < -0.39 is 5.91 Å². The molecule has 2 fully saturated rings. The molecule has 1 N–H and O–H groups in total. The summed E-state index contributed by atoms with van der Waals surface area (Å²) in [6.07, 6.45) is 5.90. The normalized spacial score (nSPS) is 18.2. The number of carbonyl (C=O) groups excluding carboxylic acids is 2. The van der Waals surface area contributed by atoms with E-state index in [1.807, 2.05) is 18.2 Å². The minimum atomic E-state index is -0.417. The number of hydrogen-bond acceptors (Lipinski definition) is 8. The summed E-state index contributed by atoms with van der Waals surface area (Å²) in [7, 11) is 0. The number of anilines is 1. The van der Waals surface area contributed by atoms with Gasteiger partial charge in [0.1, 0.15) is 6.33 Å².